The zero-order valence-corrected chi connectivity index (χ0v) is 11.2. The molecule has 102 valence electrons. The first-order valence-electron chi connectivity index (χ1n) is 6.45. The van der Waals surface area contributed by atoms with Gasteiger partial charge in [-0.1, -0.05) is 18.2 Å². The Hall–Kier alpha value is -3.13. The fourth-order valence-electron chi connectivity index (χ4n) is 1.96. The molecule has 0 radical (unpaired) electrons. The zero-order valence-electron chi connectivity index (χ0n) is 11.2. The van der Waals surface area contributed by atoms with Crippen molar-refractivity contribution < 1.29 is 4.42 Å². The van der Waals surface area contributed by atoms with Crippen molar-refractivity contribution in [3.05, 3.63) is 66.1 Å². The van der Waals surface area contributed by atoms with Crippen LogP contribution in [0.4, 0.5) is 5.69 Å². The van der Waals surface area contributed by atoms with Gasteiger partial charge in [0.05, 0.1) is 11.6 Å². The molecule has 1 heterocycles. The summed E-state index contributed by atoms with van der Waals surface area (Å²) < 4.78 is 5.18. The topological polar surface area (TPSA) is 74.7 Å². The molecule has 0 fully saturated rings. The third-order valence-electron chi connectivity index (χ3n) is 3.05. The number of nitrogens with zero attached hydrogens (tertiary/aromatic N) is 3. The number of aromatic nitrogens is 2. The van der Waals surface area contributed by atoms with Crippen LogP contribution in [0.15, 0.2) is 59.3 Å². The van der Waals surface area contributed by atoms with Gasteiger partial charge in [-0.05, 0) is 35.9 Å². The quantitative estimate of drug-likeness (QED) is 0.791. The van der Waals surface area contributed by atoms with E-state index in [9.17, 15) is 0 Å². The Bertz CT molecular complexity index is 758. The minimum atomic E-state index is 0.497. The molecule has 21 heavy (non-hydrogen) atoms. The second kappa shape index (κ2) is 5.88. The maximum absolute atomic E-state index is 8.77. The fraction of sp³-hybridized carbons (Fsp3) is 0.0625. The lowest BCUT2D eigenvalue weighted by Crippen LogP contribution is -1.99. The number of benzene rings is 2. The zero-order chi connectivity index (χ0) is 14.5. The summed E-state index contributed by atoms with van der Waals surface area (Å²) in [6.07, 6.45) is 1.31. The predicted octanol–water partition coefficient (Wildman–Crippen LogP) is 3.22. The third kappa shape index (κ3) is 3.07. The molecule has 0 spiro atoms. The highest BCUT2D eigenvalue weighted by molar-refractivity contribution is 5.60. The van der Waals surface area contributed by atoms with Crippen LogP contribution >= 0.6 is 0 Å². The smallest absolute Gasteiger partial charge is 0.247 e. The minimum absolute atomic E-state index is 0.497. The molecule has 3 rings (SSSR count). The molecule has 0 amide bonds. The van der Waals surface area contributed by atoms with Crippen molar-refractivity contribution in [1.29, 1.82) is 5.26 Å². The van der Waals surface area contributed by atoms with Gasteiger partial charge in [-0.2, -0.15) is 5.26 Å². The molecule has 5 nitrogen and oxygen atoms in total. The molecule has 1 N–H and O–H groups in total. The lowest BCUT2D eigenvalue weighted by molar-refractivity contribution is 0.568. The molecule has 3 aromatic rings. The van der Waals surface area contributed by atoms with Crippen molar-refractivity contribution in [3.8, 4) is 17.5 Å². The number of nitriles is 1. The predicted molar refractivity (Wildman–Crippen MR) is 78.2 cm³/mol. The first-order valence-corrected chi connectivity index (χ1v) is 6.45. The molecular formula is C16H12N4O. The summed E-state index contributed by atoms with van der Waals surface area (Å²) in [6, 6.07) is 17.4. The molecule has 0 bridgehead atoms. The summed E-state index contributed by atoms with van der Waals surface area (Å²) in [5, 5.41) is 19.7. The monoisotopic (exact) mass is 276 g/mol. The average molecular weight is 276 g/mol. The molecule has 5 heteroatoms. The third-order valence-corrected chi connectivity index (χ3v) is 3.05. The highest BCUT2D eigenvalue weighted by Gasteiger charge is 2.04. The molecule has 0 aliphatic heterocycles. The van der Waals surface area contributed by atoms with Gasteiger partial charge in [0.15, 0.2) is 0 Å². The summed E-state index contributed by atoms with van der Waals surface area (Å²) in [5.74, 6) is 0.497. The van der Waals surface area contributed by atoms with Crippen LogP contribution < -0.4 is 5.32 Å². The summed E-state index contributed by atoms with van der Waals surface area (Å²) >= 11 is 0. The molecule has 0 unspecified atom stereocenters. The number of hydrogen-bond acceptors (Lipinski definition) is 5. The van der Waals surface area contributed by atoms with Crippen LogP contribution in [0.3, 0.4) is 0 Å². The van der Waals surface area contributed by atoms with Gasteiger partial charge in [0.2, 0.25) is 12.3 Å². The summed E-state index contributed by atoms with van der Waals surface area (Å²) in [4.78, 5) is 0. The number of hydrogen-bond donors (Lipinski definition) is 1. The minimum Gasteiger partial charge on any atom is -0.423 e. The standard InChI is InChI=1S/C16H12N4O/c17-9-12-4-6-13(7-5-12)10-18-15-3-1-2-14(8-15)16-20-19-11-21-16/h1-8,11,18H,10H2. The molecule has 2 aromatic carbocycles. The van der Waals surface area contributed by atoms with E-state index in [-0.39, 0.29) is 0 Å². The Balaban J connectivity index is 1.70. The lowest BCUT2D eigenvalue weighted by atomic mass is 10.1. The van der Waals surface area contributed by atoms with Crippen molar-refractivity contribution in [1.82, 2.24) is 10.2 Å². The highest BCUT2D eigenvalue weighted by atomic mass is 16.4. The molecule has 0 aliphatic rings. The van der Waals surface area contributed by atoms with E-state index in [1.807, 2.05) is 48.5 Å². The number of anilines is 1. The molecule has 0 aliphatic carbocycles. The number of nitrogens with one attached hydrogen (secondary N) is 1. The van der Waals surface area contributed by atoms with E-state index >= 15 is 0 Å². The molecule has 0 atom stereocenters. The molecule has 0 saturated carbocycles. The van der Waals surface area contributed by atoms with E-state index in [4.69, 9.17) is 9.68 Å². The van der Waals surface area contributed by atoms with E-state index in [0.717, 1.165) is 16.8 Å². The van der Waals surface area contributed by atoms with Crippen molar-refractivity contribution in [2.75, 3.05) is 5.32 Å². The molecular weight excluding hydrogens is 264 g/mol. The van der Waals surface area contributed by atoms with Crippen molar-refractivity contribution in [2.24, 2.45) is 0 Å². The van der Waals surface area contributed by atoms with Gasteiger partial charge in [-0.3, -0.25) is 0 Å². The van der Waals surface area contributed by atoms with E-state index < -0.39 is 0 Å². The summed E-state index contributed by atoms with van der Waals surface area (Å²) in [7, 11) is 0. The SMILES string of the molecule is N#Cc1ccc(CNc2cccc(-c3nnco3)c2)cc1. The Morgan fingerprint density at radius 3 is 2.71 bits per heavy atom. The largest absolute Gasteiger partial charge is 0.423 e. The van der Waals surface area contributed by atoms with E-state index in [1.165, 1.54) is 6.39 Å². The van der Waals surface area contributed by atoms with Crippen LogP contribution in [-0.4, -0.2) is 10.2 Å². The second-order valence-electron chi connectivity index (χ2n) is 4.49. The van der Waals surface area contributed by atoms with Gasteiger partial charge in [0.1, 0.15) is 0 Å². The normalized spacial score (nSPS) is 10.0. The first-order chi connectivity index (χ1) is 10.3. The Labute approximate surface area is 121 Å². The average Bonchev–Trinajstić information content (AvgIpc) is 3.08. The summed E-state index contributed by atoms with van der Waals surface area (Å²) in [5.41, 5.74) is 3.61. The maximum Gasteiger partial charge on any atom is 0.247 e. The van der Waals surface area contributed by atoms with Crippen LogP contribution in [0.1, 0.15) is 11.1 Å². The van der Waals surface area contributed by atoms with E-state index in [2.05, 4.69) is 21.6 Å². The molecule has 0 saturated heterocycles. The Morgan fingerprint density at radius 1 is 1.14 bits per heavy atom. The first kappa shape index (κ1) is 12.9. The maximum atomic E-state index is 8.77. The van der Waals surface area contributed by atoms with Crippen molar-refractivity contribution in [3.63, 3.8) is 0 Å². The van der Waals surface area contributed by atoms with Crippen LogP contribution in [0.25, 0.3) is 11.5 Å². The highest BCUT2D eigenvalue weighted by Crippen LogP contribution is 2.20. The summed E-state index contributed by atoms with van der Waals surface area (Å²) in [6.45, 7) is 0.680. The van der Waals surface area contributed by atoms with Crippen LogP contribution in [-0.2, 0) is 6.54 Å². The van der Waals surface area contributed by atoms with E-state index in [1.54, 1.807) is 0 Å². The van der Waals surface area contributed by atoms with Crippen LogP contribution in [0.5, 0.6) is 0 Å². The molecule has 1 aromatic heterocycles. The Kier molecular flexibility index (Phi) is 3.61. The van der Waals surface area contributed by atoms with Gasteiger partial charge < -0.3 is 9.73 Å². The second-order valence-corrected chi connectivity index (χ2v) is 4.49. The Morgan fingerprint density at radius 2 is 2.00 bits per heavy atom. The van der Waals surface area contributed by atoms with Gasteiger partial charge in [-0.15, -0.1) is 10.2 Å². The van der Waals surface area contributed by atoms with Crippen molar-refractivity contribution >= 4 is 5.69 Å². The van der Waals surface area contributed by atoms with Crippen LogP contribution in [0.2, 0.25) is 0 Å². The van der Waals surface area contributed by atoms with Gasteiger partial charge in [0, 0.05) is 17.8 Å². The van der Waals surface area contributed by atoms with Crippen molar-refractivity contribution in [2.45, 2.75) is 6.54 Å². The lowest BCUT2D eigenvalue weighted by Gasteiger charge is -2.07. The fourth-order valence-corrected chi connectivity index (χ4v) is 1.96. The van der Waals surface area contributed by atoms with Gasteiger partial charge in [-0.25, -0.2) is 0 Å². The van der Waals surface area contributed by atoms with Gasteiger partial charge in [0.25, 0.3) is 0 Å². The number of rotatable bonds is 4. The van der Waals surface area contributed by atoms with Crippen LogP contribution in [0, 0.1) is 11.3 Å². The van der Waals surface area contributed by atoms with Gasteiger partial charge >= 0.3 is 0 Å². The van der Waals surface area contributed by atoms with E-state index in [0.29, 0.717) is 18.0 Å².